The number of carbonyl (C=O) groups excluding carboxylic acids is 2. The van der Waals surface area contributed by atoms with E-state index in [1.807, 2.05) is 0 Å². The molecule has 184 valence electrons. The van der Waals surface area contributed by atoms with Gasteiger partial charge in [-0.05, 0) is 54.1 Å². The molecule has 3 rings (SSSR count). The molecule has 1 atom stereocenters. The first-order valence-corrected chi connectivity index (χ1v) is 10.9. The Morgan fingerprint density at radius 2 is 1.63 bits per heavy atom. The van der Waals surface area contributed by atoms with Crippen molar-refractivity contribution in [1.82, 2.24) is 5.32 Å². The van der Waals surface area contributed by atoms with E-state index in [1.165, 1.54) is 31.4 Å². The summed E-state index contributed by atoms with van der Waals surface area (Å²) in [6.07, 6.45) is -4.89. The summed E-state index contributed by atoms with van der Waals surface area (Å²) in [6, 6.07) is 17.0. The van der Waals surface area contributed by atoms with Crippen molar-refractivity contribution in [2.24, 2.45) is 0 Å². The van der Waals surface area contributed by atoms with Crippen LogP contribution in [-0.4, -0.2) is 25.7 Å². The number of halogens is 4. The zero-order valence-corrected chi connectivity index (χ0v) is 19.3. The normalized spacial score (nSPS) is 11.9. The Morgan fingerprint density at radius 1 is 0.971 bits per heavy atom. The van der Waals surface area contributed by atoms with Gasteiger partial charge in [0.15, 0.2) is 0 Å². The van der Waals surface area contributed by atoms with E-state index in [0.717, 1.165) is 12.1 Å². The van der Waals surface area contributed by atoms with E-state index in [-0.39, 0.29) is 13.0 Å². The van der Waals surface area contributed by atoms with Crippen LogP contribution in [0.15, 0.2) is 72.8 Å². The molecule has 0 bridgehead atoms. The van der Waals surface area contributed by atoms with Crippen LogP contribution in [0.3, 0.4) is 0 Å². The molecule has 0 saturated heterocycles. The summed E-state index contributed by atoms with van der Waals surface area (Å²) in [6.45, 7) is 0.155. The third-order valence-electron chi connectivity index (χ3n) is 4.98. The number of hydrogen-bond acceptors (Lipinski definition) is 4. The number of para-hydroxylation sites is 1. The zero-order valence-electron chi connectivity index (χ0n) is 18.6. The highest BCUT2D eigenvalue weighted by Gasteiger charge is 2.30. The Kier molecular flexibility index (Phi) is 8.59. The number of ether oxygens (including phenoxy) is 2. The molecule has 0 heterocycles. The smallest absolute Gasteiger partial charge is 0.416 e. The number of benzene rings is 3. The second-order valence-corrected chi connectivity index (χ2v) is 7.80. The lowest BCUT2D eigenvalue weighted by Gasteiger charge is -2.21. The average molecular weight is 507 g/mol. The molecule has 0 aromatic heterocycles. The van der Waals surface area contributed by atoms with E-state index in [0.29, 0.717) is 27.6 Å². The number of methoxy groups -OCH3 is 1. The lowest BCUT2D eigenvalue weighted by Crippen LogP contribution is -2.31. The van der Waals surface area contributed by atoms with E-state index in [4.69, 9.17) is 16.3 Å². The summed E-state index contributed by atoms with van der Waals surface area (Å²) in [4.78, 5) is 23.9. The van der Waals surface area contributed by atoms with Crippen LogP contribution in [-0.2, 0) is 10.9 Å². The van der Waals surface area contributed by atoms with Gasteiger partial charge in [0.2, 0.25) is 0 Å². The molecule has 3 aromatic carbocycles. The van der Waals surface area contributed by atoms with Crippen LogP contribution in [0.25, 0.3) is 0 Å². The van der Waals surface area contributed by atoms with Crippen molar-refractivity contribution >= 4 is 29.3 Å². The Balaban J connectivity index is 1.70. The van der Waals surface area contributed by atoms with Gasteiger partial charge in [-0.25, -0.2) is 9.59 Å². The summed E-state index contributed by atoms with van der Waals surface area (Å²) >= 11 is 6.04. The molecular weight excluding hydrogens is 485 g/mol. The van der Waals surface area contributed by atoms with Gasteiger partial charge in [-0.15, -0.1) is 0 Å². The number of rotatable bonds is 8. The van der Waals surface area contributed by atoms with Crippen LogP contribution in [0, 0.1) is 0 Å². The van der Waals surface area contributed by atoms with Crippen molar-refractivity contribution in [1.29, 1.82) is 0 Å². The Hall–Kier alpha value is -3.72. The first-order chi connectivity index (χ1) is 16.7. The number of amides is 2. The van der Waals surface area contributed by atoms with Gasteiger partial charge in [0, 0.05) is 13.0 Å². The summed E-state index contributed by atoms with van der Waals surface area (Å²) in [5.41, 5.74) is 0.472. The fourth-order valence-corrected chi connectivity index (χ4v) is 3.36. The van der Waals surface area contributed by atoms with Crippen LogP contribution in [0.4, 0.5) is 23.7 Å². The van der Waals surface area contributed by atoms with Gasteiger partial charge in [-0.3, -0.25) is 0 Å². The van der Waals surface area contributed by atoms with Gasteiger partial charge >= 0.3 is 18.2 Å². The standard InChI is InChI=1S/C25H22ClF3N2O4/c1-34-23(32)17-8-12-19(13-9-17)35-22(16-6-10-18(11-7-16)25(27,28)29)14-15-30-24(33)31-21-5-3-2-4-20(21)26/h2-13,22H,14-15H2,1H3,(H2,30,31,33). The Labute approximate surface area is 205 Å². The maximum absolute atomic E-state index is 13.0. The molecule has 0 saturated carbocycles. The molecule has 0 aliphatic carbocycles. The molecule has 1 unspecified atom stereocenters. The molecule has 6 nitrogen and oxygen atoms in total. The number of anilines is 1. The van der Waals surface area contributed by atoms with Crippen LogP contribution < -0.4 is 15.4 Å². The fraction of sp³-hybridized carbons (Fsp3) is 0.200. The first-order valence-electron chi connectivity index (χ1n) is 10.5. The third-order valence-corrected chi connectivity index (χ3v) is 5.31. The van der Waals surface area contributed by atoms with Crippen molar-refractivity contribution in [3.8, 4) is 5.75 Å². The summed E-state index contributed by atoms with van der Waals surface area (Å²) < 4.78 is 49.5. The maximum atomic E-state index is 13.0. The van der Waals surface area contributed by atoms with Crippen molar-refractivity contribution in [2.45, 2.75) is 18.7 Å². The molecule has 0 spiro atoms. The number of esters is 1. The molecule has 3 aromatic rings. The largest absolute Gasteiger partial charge is 0.486 e. The van der Waals surface area contributed by atoms with Gasteiger partial charge in [0.05, 0.1) is 28.9 Å². The topological polar surface area (TPSA) is 76.7 Å². The van der Waals surface area contributed by atoms with Crippen molar-refractivity contribution in [3.05, 3.63) is 94.5 Å². The first kappa shape index (κ1) is 25.9. The maximum Gasteiger partial charge on any atom is 0.416 e. The van der Waals surface area contributed by atoms with Crippen molar-refractivity contribution in [2.75, 3.05) is 19.0 Å². The SMILES string of the molecule is COC(=O)c1ccc(OC(CCNC(=O)Nc2ccccc2Cl)c2ccc(C(F)(F)F)cc2)cc1. The summed E-state index contributed by atoms with van der Waals surface area (Å²) in [7, 11) is 1.27. The number of urea groups is 1. The average Bonchev–Trinajstić information content (AvgIpc) is 2.84. The summed E-state index contributed by atoms with van der Waals surface area (Å²) in [5.74, 6) is -0.118. The van der Waals surface area contributed by atoms with Gasteiger partial charge in [-0.1, -0.05) is 35.9 Å². The molecule has 10 heteroatoms. The van der Waals surface area contributed by atoms with Crippen LogP contribution in [0.2, 0.25) is 5.02 Å². The van der Waals surface area contributed by atoms with Gasteiger partial charge in [0.1, 0.15) is 11.9 Å². The van der Waals surface area contributed by atoms with Crippen molar-refractivity contribution < 1.29 is 32.2 Å². The van der Waals surface area contributed by atoms with E-state index >= 15 is 0 Å². The minimum absolute atomic E-state index is 0.155. The highest BCUT2D eigenvalue weighted by Crippen LogP contribution is 2.31. The molecule has 0 fully saturated rings. The molecule has 0 aliphatic rings. The molecule has 2 amide bonds. The van der Waals surface area contributed by atoms with Crippen LogP contribution in [0.1, 0.15) is 34.0 Å². The minimum atomic E-state index is -4.46. The fourth-order valence-electron chi connectivity index (χ4n) is 3.18. The van der Waals surface area contributed by atoms with Crippen LogP contribution in [0.5, 0.6) is 5.75 Å². The molecular formula is C25H22ClF3N2O4. The number of nitrogens with one attached hydrogen (secondary N) is 2. The third kappa shape index (κ3) is 7.38. The zero-order chi connectivity index (χ0) is 25.4. The lowest BCUT2D eigenvalue weighted by atomic mass is 10.0. The Bertz CT molecular complexity index is 1150. The number of hydrogen-bond donors (Lipinski definition) is 2. The van der Waals surface area contributed by atoms with Crippen LogP contribution >= 0.6 is 11.6 Å². The monoisotopic (exact) mass is 506 g/mol. The quantitative estimate of drug-likeness (QED) is 0.343. The van der Waals surface area contributed by atoms with Gasteiger partial charge in [-0.2, -0.15) is 13.2 Å². The summed E-state index contributed by atoms with van der Waals surface area (Å²) in [5, 5.41) is 5.69. The van der Waals surface area contributed by atoms with Gasteiger partial charge < -0.3 is 20.1 Å². The number of carbonyl (C=O) groups is 2. The Morgan fingerprint density at radius 3 is 2.23 bits per heavy atom. The second-order valence-electron chi connectivity index (χ2n) is 7.39. The predicted octanol–water partition coefficient (Wildman–Crippen LogP) is 6.48. The number of alkyl halides is 3. The molecule has 35 heavy (non-hydrogen) atoms. The van der Waals surface area contributed by atoms with Gasteiger partial charge in [0.25, 0.3) is 0 Å². The minimum Gasteiger partial charge on any atom is -0.486 e. The molecule has 0 radical (unpaired) electrons. The molecule has 0 aliphatic heterocycles. The van der Waals surface area contributed by atoms with E-state index in [1.54, 1.807) is 36.4 Å². The highest BCUT2D eigenvalue weighted by atomic mass is 35.5. The van der Waals surface area contributed by atoms with E-state index in [2.05, 4.69) is 15.4 Å². The molecule has 2 N–H and O–H groups in total. The van der Waals surface area contributed by atoms with E-state index < -0.39 is 29.8 Å². The highest BCUT2D eigenvalue weighted by molar-refractivity contribution is 6.33. The van der Waals surface area contributed by atoms with E-state index in [9.17, 15) is 22.8 Å². The second kappa shape index (κ2) is 11.6. The van der Waals surface area contributed by atoms with Crippen molar-refractivity contribution in [3.63, 3.8) is 0 Å². The predicted molar refractivity (Wildman–Crippen MR) is 126 cm³/mol. The lowest BCUT2D eigenvalue weighted by molar-refractivity contribution is -0.137.